The number of aromatic hydroxyl groups is 1. The van der Waals surface area contributed by atoms with Gasteiger partial charge in [-0.25, -0.2) is 0 Å². The Kier molecular flexibility index (Phi) is 8.93. The van der Waals surface area contributed by atoms with Gasteiger partial charge in [-0.05, 0) is 12.1 Å². The number of aliphatic hydroxyl groups is 1. The first kappa shape index (κ1) is 28.0. The number of anilines is 2. The van der Waals surface area contributed by atoms with Crippen molar-refractivity contribution in [3.8, 4) is 5.88 Å². The minimum absolute atomic E-state index is 0.00900. The summed E-state index contributed by atoms with van der Waals surface area (Å²) in [5, 5.41) is 32.8. The predicted octanol–water partition coefficient (Wildman–Crippen LogP) is -2.30. The Morgan fingerprint density at radius 1 is 1.16 bits per heavy atom. The van der Waals surface area contributed by atoms with E-state index in [0.29, 0.717) is 11.3 Å². The van der Waals surface area contributed by atoms with Crippen LogP contribution in [0.4, 0.5) is 11.4 Å². The number of fused-ring (bicyclic) bond motifs is 1. The van der Waals surface area contributed by atoms with E-state index in [1.807, 2.05) is 0 Å². The second-order valence-corrected chi connectivity index (χ2v) is 9.13. The summed E-state index contributed by atoms with van der Waals surface area (Å²) in [7, 11) is 0. The zero-order valence-corrected chi connectivity index (χ0v) is 20.4. The summed E-state index contributed by atoms with van der Waals surface area (Å²) in [6, 6.07) is 3.15. The average Bonchev–Trinajstić information content (AvgIpc) is 3.13. The van der Waals surface area contributed by atoms with Gasteiger partial charge in [0.25, 0.3) is 11.8 Å². The first-order valence-electron chi connectivity index (χ1n) is 11.0. The summed E-state index contributed by atoms with van der Waals surface area (Å²) in [4.78, 5) is 88.6. The van der Waals surface area contributed by atoms with Crippen LogP contribution in [0.2, 0.25) is 0 Å². The van der Waals surface area contributed by atoms with Gasteiger partial charge in [-0.3, -0.25) is 38.7 Å². The van der Waals surface area contributed by atoms with Gasteiger partial charge in [0.15, 0.2) is 0 Å². The molecular formula is C22H23N5O10S. The molecule has 0 bridgehead atoms. The fourth-order valence-electron chi connectivity index (χ4n) is 3.76. The van der Waals surface area contributed by atoms with Crippen LogP contribution < -0.4 is 25.3 Å². The summed E-state index contributed by atoms with van der Waals surface area (Å²) in [5.41, 5.74) is 0.219. The summed E-state index contributed by atoms with van der Waals surface area (Å²) in [5.74, 6) is -5.15. The number of benzene rings is 1. The van der Waals surface area contributed by atoms with Crippen molar-refractivity contribution < 1.29 is 44.1 Å². The molecule has 1 aliphatic heterocycles. The number of thiazole rings is 1. The Labute approximate surface area is 217 Å². The van der Waals surface area contributed by atoms with Crippen molar-refractivity contribution in [1.29, 1.82) is 0 Å². The summed E-state index contributed by atoms with van der Waals surface area (Å²) in [6.45, 7) is -2.05. The fraction of sp³-hybridized carbons (Fsp3) is 0.318. The van der Waals surface area contributed by atoms with Crippen molar-refractivity contribution in [2.75, 3.05) is 29.5 Å². The number of nitrogens with one attached hydrogen (secondary N) is 3. The third-order valence-electron chi connectivity index (χ3n) is 5.39. The molecule has 1 aromatic carbocycles. The minimum Gasteiger partial charge on any atom is -0.494 e. The van der Waals surface area contributed by atoms with E-state index in [1.165, 1.54) is 18.2 Å². The van der Waals surface area contributed by atoms with E-state index in [4.69, 9.17) is 5.11 Å². The molecule has 15 nitrogen and oxygen atoms in total. The average molecular weight is 550 g/mol. The maximum Gasteiger partial charge on any atom is 0.307 e. The van der Waals surface area contributed by atoms with E-state index in [0.717, 1.165) is 9.80 Å². The summed E-state index contributed by atoms with van der Waals surface area (Å²) in [6.07, 6.45) is -0.925. The quantitative estimate of drug-likeness (QED) is 0.174. The molecular weight excluding hydrogens is 526 g/mol. The van der Waals surface area contributed by atoms with Crippen molar-refractivity contribution in [2.45, 2.75) is 24.9 Å². The Bertz CT molecular complexity index is 1320. The first-order chi connectivity index (χ1) is 18.0. The smallest absolute Gasteiger partial charge is 0.307 e. The number of aliphatic hydroxyl groups excluding tert-OH is 1. The highest BCUT2D eigenvalue weighted by molar-refractivity contribution is 7.09. The third-order valence-corrected chi connectivity index (χ3v) is 6.26. The molecule has 0 saturated carbocycles. The van der Waals surface area contributed by atoms with Crippen molar-refractivity contribution >= 4 is 58.6 Å². The van der Waals surface area contributed by atoms with Crippen molar-refractivity contribution in [3.63, 3.8) is 0 Å². The SMILES string of the molecule is O=C[C@H](CC(=O)O)NC(=O)CN1C(=O)[C@@H](NC(=O)Cc2sc(=O)[nH]c2O)CN(C(=O)CO)c2ccccc21. The van der Waals surface area contributed by atoms with Gasteiger partial charge in [0.05, 0.1) is 41.7 Å². The van der Waals surface area contributed by atoms with Crippen LogP contribution in [0.3, 0.4) is 0 Å². The fourth-order valence-corrected chi connectivity index (χ4v) is 4.48. The van der Waals surface area contributed by atoms with Crippen LogP contribution in [0.25, 0.3) is 0 Å². The maximum absolute atomic E-state index is 13.6. The number of para-hydroxylation sites is 2. The lowest BCUT2D eigenvalue weighted by Gasteiger charge is -2.25. The molecule has 3 rings (SSSR count). The van der Waals surface area contributed by atoms with E-state index in [-0.39, 0.29) is 22.5 Å². The van der Waals surface area contributed by atoms with Crippen LogP contribution in [-0.2, 0) is 35.2 Å². The van der Waals surface area contributed by atoms with Gasteiger partial charge >= 0.3 is 10.8 Å². The number of H-pyrrole nitrogens is 1. The molecule has 38 heavy (non-hydrogen) atoms. The van der Waals surface area contributed by atoms with Gasteiger partial charge in [-0.1, -0.05) is 23.5 Å². The predicted molar refractivity (Wildman–Crippen MR) is 131 cm³/mol. The van der Waals surface area contributed by atoms with Crippen molar-refractivity contribution in [1.82, 2.24) is 15.6 Å². The summed E-state index contributed by atoms with van der Waals surface area (Å²) >= 11 is 0.591. The number of hydrogen-bond acceptors (Lipinski definition) is 10. The molecule has 0 fully saturated rings. The number of rotatable bonds is 10. The topological polar surface area (TPSA) is 227 Å². The highest BCUT2D eigenvalue weighted by Crippen LogP contribution is 2.33. The molecule has 0 aliphatic carbocycles. The van der Waals surface area contributed by atoms with Gasteiger partial charge in [0, 0.05) is 0 Å². The molecule has 1 aliphatic rings. The zero-order chi connectivity index (χ0) is 28.0. The maximum atomic E-state index is 13.6. The summed E-state index contributed by atoms with van der Waals surface area (Å²) < 4.78 is 0. The largest absolute Gasteiger partial charge is 0.494 e. The monoisotopic (exact) mass is 549 g/mol. The van der Waals surface area contributed by atoms with E-state index in [9.17, 15) is 43.8 Å². The highest BCUT2D eigenvalue weighted by atomic mass is 32.1. The number of amides is 4. The van der Waals surface area contributed by atoms with Crippen molar-refractivity contribution in [2.24, 2.45) is 0 Å². The number of hydrogen-bond donors (Lipinski definition) is 6. The Morgan fingerprint density at radius 3 is 2.42 bits per heavy atom. The number of carbonyl (C=O) groups is 6. The molecule has 202 valence electrons. The van der Waals surface area contributed by atoms with E-state index in [2.05, 4.69) is 15.6 Å². The molecule has 6 N–H and O–H groups in total. The van der Waals surface area contributed by atoms with Crippen LogP contribution >= 0.6 is 11.3 Å². The number of aromatic amines is 1. The number of carboxylic acids is 1. The molecule has 2 atom stereocenters. The normalized spacial score (nSPS) is 15.7. The van der Waals surface area contributed by atoms with Gasteiger partial charge in [0.2, 0.25) is 17.7 Å². The van der Waals surface area contributed by atoms with Crippen LogP contribution in [-0.4, -0.2) is 88.0 Å². The number of carbonyl (C=O) groups excluding carboxylic acids is 5. The zero-order valence-electron chi connectivity index (χ0n) is 19.6. The second-order valence-electron chi connectivity index (χ2n) is 8.07. The van der Waals surface area contributed by atoms with Crippen LogP contribution in [0.15, 0.2) is 29.1 Å². The van der Waals surface area contributed by atoms with Crippen LogP contribution in [0.5, 0.6) is 5.88 Å². The minimum atomic E-state index is -1.43. The third kappa shape index (κ3) is 6.60. The van der Waals surface area contributed by atoms with Gasteiger partial charge in [-0.2, -0.15) is 0 Å². The number of nitrogens with zero attached hydrogens (tertiary/aromatic N) is 2. The van der Waals surface area contributed by atoms with E-state index >= 15 is 0 Å². The molecule has 16 heteroatoms. The number of aldehydes is 1. The standard InChI is InChI=1S/C22H23N5O10S/c28-9-11(5-19(33)34)23-17(31)8-27-14-4-2-1-3-13(14)26(18(32)10-29)7-12(21(27)36)24-16(30)6-15-20(35)25-22(37)38-15/h1-4,9,11-12,29,35H,5-8,10H2,(H,23,31)(H,24,30)(H,25,37)(H,33,34)/t11-,12-/m0/s1. The molecule has 0 radical (unpaired) electrons. The van der Waals surface area contributed by atoms with Gasteiger partial charge in [-0.15, -0.1) is 0 Å². The molecule has 0 spiro atoms. The van der Waals surface area contributed by atoms with Crippen molar-refractivity contribution in [3.05, 3.63) is 38.8 Å². The molecule has 0 unspecified atom stereocenters. The Hall–Kier alpha value is -4.57. The van der Waals surface area contributed by atoms with Gasteiger partial charge < -0.3 is 35.6 Å². The number of aromatic nitrogens is 1. The highest BCUT2D eigenvalue weighted by Gasteiger charge is 2.37. The Morgan fingerprint density at radius 2 is 1.84 bits per heavy atom. The number of aliphatic carboxylic acids is 1. The molecule has 1 aromatic heterocycles. The lowest BCUT2D eigenvalue weighted by Crippen LogP contribution is -2.55. The molecule has 4 amide bonds. The number of carboxylic acid groups (broad SMARTS) is 1. The first-order valence-corrected chi connectivity index (χ1v) is 11.8. The molecule has 0 saturated heterocycles. The second kappa shape index (κ2) is 12.1. The molecule has 2 heterocycles. The Balaban J connectivity index is 1.92. The van der Waals surface area contributed by atoms with Crippen LogP contribution in [0.1, 0.15) is 11.3 Å². The van der Waals surface area contributed by atoms with E-state index < -0.39 is 85.0 Å². The van der Waals surface area contributed by atoms with E-state index in [1.54, 1.807) is 6.07 Å². The molecule has 2 aromatic rings. The van der Waals surface area contributed by atoms with Gasteiger partial charge in [0.1, 0.15) is 25.5 Å². The van der Waals surface area contributed by atoms with Crippen LogP contribution in [0, 0.1) is 0 Å². The lowest BCUT2D eigenvalue weighted by atomic mass is 10.2. The lowest BCUT2D eigenvalue weighted by molar-refractivity contribution is -0.139.